The maximum atomic E-state index is 13.5. The molecule has 0 spiro atoms. The molecule has 0 aromatic heterocycles. The van der Waals surface area contributed by atoms with Gasteiger partial charge in [0.25, 0.3) is 0 Å². The fourth-order valence-corrected chi connectivity index (χ4v) is 2.84. The molecule has 0 saturated carbocycles. The topological polar surface area (TPSA) is 41.6 Å². The van der Waals surface area contributed by atoms with Gasteiger partial charge in [-0.15, -0.1) is 0 Å². The SMILES string of the molecule is CN1c2cc(Br)c(F)cc2NC(=O)C2COCC21. The fourth-order valence-electron chi connectivity index (χ4n) is 2.51. The number of benzene rings is 1. The lowest BCUT2D eigenvalue weighted by Crippen LogP contribution is -2.40. The number of hydrogen-bond donors (Lipinski definition) is 1. The first-order chi connectivity index (χ1) is 8.58. The van der Waals surface area contributed by atoms with Crippen LogP contribution < -0.4 is 10.2 Å². The number of nitrogens with zero attached hydrogens (tertiary/aromatic N) is 1. The summed E-state index contributed by atoms with van der Waals surface area (Å²) in [5.41, 5.74) is 1.31. The Labute approximate surface area is 112 Å². The van der Waals surface area contributed by atoms with Crippen molar-refractivity contribution in [3.05, 3.63) is 22.4 Å². The van der Waals surface area contributed by atoms with Gasteiger partial charge in [-0.05, 0) is 22.0 Å². The monoisotopic (exact) mass is 314 g/mol. The molecule has 96 valence electrons. The molecular weight excluding hydrogens is 303 g/mol. The lowest BCUT2D eigenvalue weighted by molar-refractivity contribution is -0.120. The first-order valence-electron chi connectivity index (χ1n) is 5.68. The van der Waals surface area contributed by atoms with Crippen molar-refractivity contribution in [1.82, 2.24) is 0 Å². The van der Waals surface area contributed by atoms with E-state index < -0.39 is 0 Å². The van der Waals surface area contributed by atoms with E-state index in [1.54, 1.807) is 6.07 Å². The predicted octanol–water partition coefficient (Wildman–Crippen LogP) is 1.99. The molecule has 1 N–H and O–H groups in total. The van der Waals surface area contributed by atoms with Crippen molar-refractivity contribution in [2.24, 2.45) is 5.92 Å². The van der Waals surface area contributed by atoms with Crippen molar-refractivity contribution in [3.8, 4) is 0 Å². The highest BCUT2D eigenvalue weighted by atomic mass is 79.9. The van der Waals surface area contributed by atoms with Gasteiger partial charge in [0.1, 0.15) is 5.82 Å². The number of nitrogens with one attached hydrogen (secondary N) is 1. The molecule has 2 atom stereocenters. The van der Waals surface area contributed by atoms with Crippen LogP contribution in [0, 0.1) is 11.7 Å². The highest BCUT2D eigenvalue weighted by Crippen LogP contribution is 2.37. The number of amides is 1. The summed E-state index contributed by atoms with van der Waals surface area (Å²) in [6.07, 6.45) is 0. The third-order valence-electron chi connectivity index (χ3n) is 3.56. The van der Waals surface area contributed by atoms with Gasteiger partial charge in [-0.3, -0.25) is 4.79 Å². The van der Waals surface area contributed by atoms with Gasteiger partial charge in [-0.1, -0.05) is 0 Å². The Balaban J connectivity index is 2.11. The molecular formula is C12H12BrFN2O2. The van der Waals surface area contributed by atoms with Gasteiger partial charge in [0, 0.05) is 13.1 Å². The number of rotatable bonds is 0. The molecule has 2 aliphatic rings. The first kappa shape index (κ1) is 11.9. The summed E-state index contributed by atoms with van der Waals surface area (Å²) in [5, 5.41) is 2.77. The molecule has 1 saturated heterocycles. The second kappa shape index (κ2) is 4.20. The molecule has 3 rings (SSSR count). The maximum Gasteiger partial charge on any atom is 0.232 e. The summed E-state index contributed by atoms with van der Waals surface area (Å²) >= 11 is 3.17. The van der Waals surface area contributed by atoms with Crippen molar-refractivity contribution >= 4 is 33.2 Å². The van der Waals surface area contributed by atoms with Gasteiger partial charge in [0.15, 0.2) is 0 Å². The highest BCUT2D eigenvalue weighted by molar-refractivity contribution is 9.10. The van der Waals surface area contributed by atoms with Crippen LogP contribution >= 0.6 is 15.9 Å². The summed E-state index contributed by atoms with van der Waals surface area (Å²) < 4.78 is 19.3. The second-order valence-electron chi connectivity index (χ2n) is 4.59. The Morgan fingerprint density at radius 2 is 2.28 bits per heavy atom. The Kier molecular flexibility index (Phi) is 2.79. The lowest BCUT2D eigenvalue weighted by atomic mass is 10.0. The first-order valence-corrected chi connectivity index (χ1v) is 6.47. The van der Waals surface area contributed by atoms with Crippen molar-refractivity contribution < 1.29 is 13.9 Å². The van der Waals surface area contributed by atoms with Gasteiger partial charge in [0.2, 0.25) is 5.91 Å². The van der Waals surface area contributed by atoms with Crippen LogP contribution in [0.3, 0.4) is 0 Å². The number of carbonyl (C=O) groups is 1. The van der Waals surface area contributed by atoms with Crippen molar-refractivity contribution in [3.63, 3.8) is 0 Å². The molecule has 2 heterocycles. The molecule has 0 aliphatic carbocycles. The van der Waals surface area contributed by atoms with E-state index >= 15 is 0 Å². The highest BCUT2D eigenvalue weighted by Gasteiger charge is 2.40. The summed E-state index contributed by atoms with van der Waals surface area (Å²) in [5.74, 6) is -0.695. The molecule has 2 aliphatic heterocycles. The number of anilines is 2. The minimum Gasteiger partial charge on any atom is -0.378 e. The number of ether oxygens (including phenoxy) is 1. The third-order valence-corrected chi connectivity index (χ3v) is 4.17. The summed E-state index contributed by atoms with van der Waals surface area (Å²) in [4.78, 5) is 14.0. The Morgan fingerprint density at radius 3 is 3.06 bits per heavy atom. The summed E-state index contributed by atoms with van der Waals surface area (Å²) in [7, 11) is 1.90. The Bertz CT molecular complexity index is 523. The van der Waals surface area contributed by atoms with Crippen LogP contribution in [0.15, 0.2) is 16.6 Å². The number of hydrogen-bond acceptors (Lipinski definition) is 3. The van der Waals surface area contributed by atoms with Crippen LogP contribution in [-0.4, -0.2) is 32.2 Å². The lowest BCUT2D eigenvalue weighted by Gasteiger charge is -2.27. The zero-order valence-electron chi connectivity index (χ0n) is 9.74. The van der Waals surface area contributed by atoms with Crippen molar-refractivity contribution in [1.29, 1.82) is 0 Å². The van der Waals surface area contributed by atoms with Crippen molar-refractivity contribution in [2.45, 2.75) is 6.04 Å². The Morgan fingerprint density at radius 1 is 1.50 bits per heavy atom. The van der Waals surface area contributed by atoms with E-state index in [0.717, 1.165) is 5.69 Å². The largest absolute Gasteiger partial charge is 0.378 e. The van der Waals surface area contributed by atoms with Gasteiger partial charge < -0.3 is 15.0 Å². The molecule has 0 radical (unpaired) electrons. The normalized spacial score (nSPS) is 26.4. The molecule has 1 aromatic rings. The zero-order valence-corrected chi connectivity index (χ0v) is 11.3. The molecule has 0 bridgehead atoms. The number of fused-ring (bicyclic) bond motifs is 2. The van der Waals surface area contributed by atoms with E-state index in [2.05, 4.69) is 21.2 Å². The van der Waals surface area contributed by atoms with Gasteiger partial charge in [-0.2, -0.15) is 0 Å². The molecule has 2 unspecified atom stereocenters. The minimum atomic E-state index is -0.384. The molecule has 6 heteroatoms. The van der Waals surface area contributed by atoms with Gasteiger partial charge in [0.05, 0.1) is 41.0 Å². The molecule has 18 heavy (non-hydrogen) atoms. The van der Waals surface area contributed by atoms with Crippen LogP contribution in [-0.2, 0) is 9.53 Å². The van der Waals surface area contributed by atoms with Crippen LogP contribution in [0.25, 0.3) is 0 Å². The minimum absolute atomic E-state index is 0.00334. The third kappa shape index (κ3) is 1.71. The van der Waals surface area contributed by atoms with Crippen LogP contribution in [0.2, 0.25) is 0 Å². The molecule has 1 aromatic carbocycles. The average molecular weight is 315 g/mol. The van der Waals surface area contributed by atoms with E-state index in [1.807, 2.05) is 11.9 Å². The van der Waals surface area contributed by atoms with Gasteiger partial charge >= 0.3 is 0 Å². The van der Waals surface area contributed by atoms with Gasteiger partial charge in [-0.25, -0.2) is 4.39 Å². The van der Waals surface area contributed by atoms with E-state index in [9.17, 15) is 9.18 Å². The Hall–Kier alpha value is -1.14. The molecule has 1 amide bonds. The summed E-state index contributed by atoms with van der Waals surface area (Å²) in [6, 6.07) is 3.03. The maximum absolute atomic E-state index is 13.5. The number of halogens is 2. The smallest absolute Gasteiger partial charge is 0.232 e. The zero-order chi connectivity index (χ0) is 12.9. The second-order valence-corrected chi connectivity index (χ2v) is 5.45. The van der Waals surface area contributed by atoms with Crippen LogP contribution in [0.5, 0.6) is 0 Å². The number of likely N-dealkylation sites (N-methyl/N-ethyl adjacent to an activating group) is 1. The average Bonchev–Trinajstić information content (AvgIpc) is 2.78. The summed E-state index contributed by atoms with van der Waals surface area (Å²) in [6.45, 7) is 0.932. The van der Waals surface area contributed by atoms with E-state index in [-0.39, 0.29) is 23.7 Å². The van der Waals surface area contributed by atoms with Crippen molar-refractivity contribution in [2.75, 3.05) is 30.5 Å². The van der Waals surface area contributed by atoms with E-state index in [1.165, 1.54) is 6.07 Å². The quantitative estimate of drug-likeness (QED) is 0.796. The standard InChI is InChI=1S/C12H12BrFN2O2/c1-16-10-2-7(13)8(14)3-9(10)15-12(17)6-4-18-5-11(6)16/h2-3,6,11H,4-5H2,1H3,(H,15,17). The van der Waals surface area contributed by atoms with E-state index in [4.69, 9.17) is 4.74 Å². The molecule has 1 fully saturated rings. The van der Waals surface area contributed by atoms with E-state index in [0.29, 0.717) is 23.4 Å². The number of carbonyl (C=O) groups excluding carboxylic acids is 1. The van der Waals surface area contributed by atoms with Crippen LogP contribution in [0.1, 0.15) is 0 Å². The molecule has 4 nitrogen and oxygen atoms in total. The fraction of sp³-hybridized carbons (Fsp3) is 0.417. The van der Waals surface area contributed by atoms with Crippen LogP contribution in [0.4, 0.5) is 15.8 Å². The predicted molar refractivity (Wildman–Crippen MR) is 69.2 cm³/mol.